The standard InChI is InChI=1S/C74H134N4O32/c1-4-6-8-10-12-14-16-18-19-21-23-25-27-29-31-33-52(89)78-43(44(84)32-30-28-26-24-22-20-17-15-13-11-9-7-5-2)40-101-69-61(95)60(94)63(50(38-81)104-69)106-70-62(96)67(64(51(39-82)105-70)107-68-55(77-42(3)83)59(93)58(92)49(37-80)103-68)110-74(72(99)100)35-46(86)54(76)66(109-74)57(91)48(88)41-102-73(71(97)98)34-45(85)53(75)65(108-73)56(90)47(87)36-79/h30,32,43-51,53-70,79-82,84-88,90-96H,4-29,31,33-41,75-76H2,1-3H3,(H,77,83)(H,78,89)(H,97,98)(H,99,100)/b32-30+/t43?,44?,45-,46-,47?,48?,49-,50-,51-,53+,54+,55-,56?,57?,58+,59-,60-,61-,62-,63-,64+,65+,66+,67-,68+,69-,70+,73-,74+/m1/s1. The van der Waals surface area contributed by atoms with Crippen LogP contribution >= 0.6 is 0 Å². The predicted octanol–water partition coefficient (Wildman–Crippen LogP) is -2.05. The van der Waals surface area contributed by atoms with Crippen LogP contribution in [0.5, 0.6) is 0 Å². The fourth-order valence-corrected chi connectivity index (χ4v) is 14.6. The molecular formula is C74H134N4O32. The van der Waals surface area contributed by atoms with E-state index in [1.165, 1.54) is 109 Å². The molecule has 6 unspecified atom stereocenters. The molecule has 5 heterocycles. The van der Waals surface area contributed by atoms with E-state index in [9.17, 15) is 111 Å². The Labute approximate surface area is 644 Å². The molecule has 110 heavy (non-hydrogen) atoms. The van der Waals surface area contributed by atoms with Crippen molar-refractivity contribution in [3.05, 3.63) is 12.2 Å². The van der Waals surface area contributed by atoms with E-state index in [2.05, 4.69) is 24.5 Å². The summed E-state index contributed by atoms with van der Waals surface area (Å²) in [5, 5.41) is 205. The molecule has 5 aliphatic heterocycles. The topological polar surface area (TPSA) is 601 Å². The summed E-state index contributed by atoms with van der Waals surface area (Å²) < 4.78 is 59.0. The lowest BCUT2D eigenvalue weighted by molar-refractivity contribution is -0.400. The van der Waals surface area contributed by atoms with Gasteiger partial charge in [0.25, 0.3) is 11.6 Å². The lowest BCUT2D eigenvalue weighted by Crippen LogP contribution is -2.71. The predicted molar refractivity (Wildman–Crippen MR) is 388 cm³/mol. The number of nitrogens with two attached hydrogens (primary N) is 2. The largest absolute Gasteiger partial charge is 0.477 e. The fourth-order valence-electron chi connectivity index (χ4n) is 14.6. The molecule has 5 rings (SSSR count). The van der Waals surface area contributed by atoms with Gasteiger partial charge in [0.2, 0.25) is 11.8 Å². The molecule has 0 aliphatic carbocycles. The normalized spacial score (nSPS) is 34.6. The molecular weight excluding hydrogens is 1460 g/mol. The third-order valence-corrected chi connectivity index (χ3v) is 21.3. The van der Waals surface area contributed by atoms with Gasteiger partial charge in [-0.3, -0.25) is 9.59 Å². The lowest BCUT2D eigenvalue weighted by Gasteiger charge is -2.52. The Morgan fingerprint density at radius 2 is 0.955 bits per heavy atom. The second-order valence-electron chi connectivity index (χ2n) is 30.2. The maximum absolute atomic E-state index is 13.9. The summed E-state index contributed by atoms with van der Waals surface area (Å²) in [5.41, 5.74) is 12.2. The van der Waals surface area contributed by atoms with Crippen LogP contribution in [-0.2, 0) is 66.5 Å². The van der Waals surface area contributed by atoms with Crippen molar-refractivity contribution in [2.75, 3.05) is 39.6 Å². The summed E-state index contributed by atoms with van der Waals surface area (Å²) in [6.45, 7) is -0.837. The highest BCUT2D eigenvalue weighted by atomic mass is 16.8. The van der Waals surface area contributed by atoms with Crippen LogP contribution in [0.2, 0.25) is 0 Å². The number of rotatable bonds is 54. The van der Waals surface area contributed by atoms with E-state index < -0.39 is 247 Å². The first-order chi connectivity index (χ1) is 52.5. The molecule has 24 N–H and O–H groups in total. The number of carboxylic acids is 2. The van der Waals surface area contributed by atoms with Gasteiger partial charge in [0.05, 0.1) is 76.1 Å². The van der Waals surface area contributed by atoms with Gasteiger partial charge in [-0.15, -0.1) is 0 Å². The maximum atomic E-state index is 13.9. The number of carboxylic acid groups (broad SMARTS) is 2. The Kier molecular flexibility index (Phi) is 44.3. The number of hydrogen-bond donors (Lipinski definition) is 22. The second-order valence-corrected chi connectivity index (χ2v) is 30.2. The van der Waals surface area contributed by atoms with Crippen molar-refractivity contribution < 1.29 is 158 Å². The van der Waals surface area contributed by atoms with Gasteiger partial charge in [0, 0.05) is 26.2 Å². The van der Waals surface area contributed by atoms with Gasteiger partial charge in [-0.2, -0.15) is 0 Å². The zero-order chi connectivity index (χ0) is 81.3. The van der Waals surface area contributed by atoms with Crippen molar-refractivity contribution in [2.24, 2.45) is 11.5 Å². The average molecular weight is 1590 g/mol. The highest BCUT2D eigenvalue weighted by molar-refractivity contribution is 5.77. The zero-order valence-corrected chi connectivity index (χ0v) is 64.1. The molecule has 29 atom stereocenters. The van der Waals surface area contributed by atoms with Crippen LogP contribution in [0.4, 0.5) is 0 Å². The van der Waals surface area contributed by atoms with Crippen molar-refractivity contribution in [2.45, 2.75) is 390 Å². The molecule has 0 aromatic heterocycles. The Balaban J connectivity index is 1.37. The summed E-state index contributed by atoms with van der Waals surface area (Å²) in [7, 11) is 0. The van der Waals surface area contributed by atoms with Crippen molar-refractivity contribution in [3.8, 4) is 0 Å². The van der Waals surface area contributed by atoms with Crippen molar-refractivity contribution in [1.29, 1.82) is 0 Å². The molecule has 5 saturated heterocycles. The number of ether oxygens (including phenoxy) is 10. The highest BCUT2D eigenvalue weighted by Crippen LogP contribution is 2.41. The van der Waals surface area contributed by atoms with Gasteiger partial charge >= 0.3 is 11.9 Å². The van der Waals surface area contributed by atoms with E-state index >= 15 is 0 Å². The third kappa shape index (κ3) is 29.0. The van der Waals surface area contributed by atoms with Crippen LogP contribution in [0, 0.1) is 0 Å². The van der Waals surface area contributed by atoms with Gasteiger partial charge < -0.3 is 161 Å². The molecule has 0 aromatic rings. The van der Waals surface area contributed by atoms with Crippen LogP contribution in [0.1, 0.15) is 213 Å². The SMILES string of the molecule is CCCCCCCCCCCCC/C=C/C(O)C(CO[C@@H]1O[C@H](CO)[C@@H](O[C@@H]2O[C@H](CO)[C@H](O[C@@H]3O[C@H](CO)[C@H](O)[C@H](O)[C@H]3NC(C)=O)[C@H](O[C@]3(C(=O)O)C[C@@H](O)[C@H](N)[C@@H](C(O)C(O)CO[C@]4(C(=O)O)C[C@@H](O)[C@H](N)[C@@H](C(O)C(O)CO)O4)O3)[C@H]2O)[C@H](O)[C@H]1O)NC(=O)CCCCCCCCCCCCCCCCC. The van der Waals surface area contributed by atoms with Crippen LogP contribution in [0.15, 0.2) is 12.2 Å². The van der Waals surface area contributed by atoms with Crippen LogP contribution in [0.3, 0.4) is 0 Å². The Hall–Kier alpha value is -3.50. The Bertz CT molecular complexity index is 2620. The molecule has 36 nitrogen and oxygen atoms in total. The maximum Gasteiger partial charge on any atom is 0.364 e. The molecule has 36 heteroatoms. The van der Waals surface area contributed by atoms with E-state index in [1.807, 2.05) is 6.08 Å². The first kappa shape index (κ1) is 97.1. The minimum absolute atomic E-state index is 0.130. The summed E-state index contributed by atoms with van der Waals surface area (Å²) >= 11 is 0. The van der Waals surface area contributed by atoms with Crippen LogP contribution < -0.4 is 22.1 Å². The van der Waals surface area contributed by atoms with E-state index in [0.29, 0.717) is 12.8 Å². The number of carbonyl (C=O) groups is 4. The van der Waals surface area contributed by atoms with Gasteiger partial charge in [0.15, 0.2) is 18.9 Å². The fraction of sp³-hybridized carbons (Fsp3) is 0.919. The lowest BCUT2D eigenvalue weighted by atomic mass is 9.88. The monoisotopic (exact) mass is 1590 g/mol. The molecule has 5 fully saturated rings. The average Bonchev–Trinajstić information content (AvgIpc) is 0.753. The molecule has 5 aliphatic rings. The number of nitrogens with one attached hydrogen (secondary N) is 2. The van der Waals surface area contributed by atoms with Crippen molar-refractivity contribution >= 4 is 23.8 Å². The van der Waals surface area contributed by atoms with E-state index in [4.69, 9.17) is 58.8 Å². The molecule has 0 spiro atoms. The number of amides is 2. The minimum Gasteiger partial charge on any atom is -0.477 e. The number of unbranched alkanes of at least 4 members (excludes halogenated alkanes) is 25. The summed E-state index contributed by atoms with van der Waals surface area (Å²) in [4.78, 5) is 52.8. The Morgan fingerprint density at radius 1 is 0.509 bits per heavy atom. The highest BCUT2D eigenvalue weighted by Gasteiger charge is 2.62. The molecule has 0 radical (unpaired) electrons. The molecule has 0 bridgehead atoms. The van der Waals surface area contributed by atoms with E-state index in [1.54, 1.807) is 0 Å². The molecule has 2 amide bonds. The number of hydrogen-bond acceptors (Lipinski definition) is 32. The van der Waals surface area contributed by atoms with E-state index in [-0.39, 0.29) is 12.3 Å². The quantitative estimate of drug-likeness (QED) is 0.0230. The molecule has 642 valence electrons. The number of aliphatic hydroxyl groups excluding tert-OH is 16. The first-order valence-corrected chi connectivity index (χ1v) is 39.9. The number of aliphatic hydroxyl groups is 16. The number of allylic oxidation sites excluding steroid dienone is 1. The molecule has 0 aromatic carbocycles. The zero-order valence-electron chi connectivity index (χ0n) is 64.1. The van der Waals surface area contributed by atoms with Crippen LogP contribution in [-0.4, -0.2) is 332 Å². The third-order valence-electron chi connectivity index (χ3n) is 21.3. The first-order valence-electron chi connectivity index (χ1n) is 39.9. The van der Waals surface area contributed by atoms with Gasteiger partial charge in [0.1, 0.15) is 110 Å². The summed E-state index contributed by atoms with van der Waals surface area (Å²) in [6, 6.07) is -6.44. The van der Waals surface area contributed by atoms with E-state index in [0.717, 1.165) is 64.7 Å². The number of aliphatic carboxylic acids is 2. The Morgan fingerprint density at radius 3 is 1.45 bits per heavy atom. The van der Waals surface area contributed by atoms with Gasteiger partial charge in [-0.05, 0) is 19.3 Å². The summed E-state index contributed by atoms with van der Waals surface area (Å²) in [6.07, 6.45) is -16.4. The second kappa shape index (κ2) is 50.2. The minimum atomic E-state index is -3.43. The smallest absolute Gasteiger partial charge is 0.364 e. The van der Waals surface area contributed by atoms with Gasteiger partial charge in [-0.25, -0.2) is 9.59 Å². The van der Waals surface area contributed by atoms with Crippen LogP contribution in [0.25, 0.3) is 0 Å². The van der Waals surface area contributed by atoms with Crippen molar-refractivity contribution in [3.63, 3.8) is 0 Å². The summed E-state index contributed by atoms with van der Waals surface area (Å²) in [5.74, 6) is -11.9. The van der Waals surface area contributed by atoms with Gasteiger partial charge in [-0.1, -0.05) is 180 Å². The molecule has 0 saturated carbocycles. The number of carbonyl (C=O) groups excluding carboxylic acids is 2. The van der Waals surface area contributed by atoms with Crippen molar-refractivity contribution in [1.82, 2.24) is 10.6 Å².